The number of hydrogen-bond acceptors (Lipinski definition) is 15. The lowest BCUT2D eigenvalue weighted by atomic mass is 9.88. The number of aryl methyl sites for hydroxylation is 2. The first kappa shape index (κ1) is 52.2. The average Bonchev–Trinajstić information content (AvgIpc) is 4.25. The summed E-state index contributed by atoms with van der Waals surface area (Å²) in [5.41, 5.74) is 8.40. The van der Waals surface area contributed by atoms with Crippen molar-refractivity contribution in [3.05, 3.63) is 155 Å². The fraction of sp³-hybridized carbons (Fsp3) is 0.333. The molecule has 3 aliphatic heterocycles. The Hall–Kier alpha value is -8.28. The number of fused-ring (bicyclic) bond motifs is 2. The summed E-state index contributed by atoms with van der Waals surface area (Å²) in [5.74, 6) is 3.59. The van der Waals surface area contributed by atoms with Crippen molar-refractivity contribution < 1.29 is 28.9 Å². The fourth-order valence-electron chi connectivity index (χ4n) is 10.7. The number of likely N-dealkylation sites (N-methyl/N-ethyl adjacent to an activating group) is 1. The lowest BCUT2D eigenvalue weighted by Crippen LogP contribution is -2.44. The summed E-state index contributed by atoms with van der Waals surface area (Å²) >= 11 is 0. The minimum absolute atomic E-state index is 0.0211. The molecule has 1 aliphatic carbocycles. The van der Waals surface area contributed by atoms with Crippen LogP contribution in [0.15, 0.2) is 122 Å². The van der Waals surface area contributed by atoms with Gasteiger partial charge < -0.3 is 39.8 Å². The number of amides is 2. The molecule has 2 fully saturated rings. The van der Waals surface area contributed by atoms with Crippen molar-refractivity contribution in [3.63, 3.8) is 0 Å². The molecule has 7 aromatic rings. The van der Waals surface area contributed by atoms with Crippen LogP contribution in [0.1, 0.15) is 72.5 Å². The molecule has 2 aromatic heterocycles. The number of aromatic hydroxyl groups is 1. The number of nitrogens with zero attached hydrogens (tertiary/aromatic N) is 9. The zero-order chi connectivity index (χ0) is 53.8. The van der Waals surface area contributed by atoms with Gasteiger partial charge in [0.2, 0.25) is 17.8 Å². The molecule has 3 N–H and O–H groups in total. The highest BCUT2D eigenvalue weighted by molar-refractivity contribution is 6.07. The van der Waals surface area contributed by atoms with E-state index >= 15 is 0 Å². The lowest BCUT2D eigenvalue weighted by Gasteiger charge is -2.34. The molecule has 5 aromatic carbocycles. The van der Waals surface area contributed by atoms with Gasteiger partial charge in [0.15, 0.2) is 0 Å². The molecule has 0 unspecified atom stereocenters. The quantitative estimate of drug-likeness (QED) is 0.0995. The molecule has 77 heavy (non-hydrogen) atoms. The van der Waals surface area contributed by atoms with Gasteiger partial charge in [-0.15, -0.1) is 0 Å². The number of carbonyl (C=O) groups excluding carboxylic acids is 2. The van der Waals surface area contributed by atoms with Crippen molar-refractivity contribution in [2.75, 3.05) is 85.9 Å². The lowest BCUT2D eigenvalue weighted by molar-refractivity contribution is -0.122. The van der Waals surface area contributed by atoms with Gasteiger partial charge in [-0.05, 0) is 156 Å². The number of phenolic OH excluding ortho intramolecular Hbond substituents is 1. The number of phenols is 1. The molecule has 4 aliphatic rings. The van der Waals surface area contributed by atoms with Crippen molar-refractivity contribution >= 4 is 58.3 Å². The van der Waals surface area contributed by atoms with Crippen molar-refractivity contribution in [2.24, 2.45) is 0 Å². The Morgan fingerprint density at radius 3 is 2.25 bits per heavy atom. The number of piperazine rings is 1. The third-order valence-corrected chi connectivity index (χ3v) is 15.0. The number of aromatic nitrogens is 4. The normalized spacial score (nSPS) is 16.8. The smallest absolute Gasteiger partial charge is 0.425 e. The van der Waals surface area contributed by atoms with Gasteiger partial charge >= 0.3 is 6.09 Å². The Kier molecular flexibility index (Phi) is 15.3. The number of ether oxygens (including phenoxy) is 3. The zero-order valence-electron chi connectivity index (χ0n) is 44.9. The van der Waals surface area contributed by atoms with Crippen LogP contribution < -0.4 is 39.5 Å². The second-order valence-corrected chi connectivity index (χ2v) is 20.6. The maximum absolute atomic E-state index is 13.8. The van der Waals surface area contributed by atoms with E-state index in [2.05, 4.69) is 72.7 Å². The summed E-state index contributed by atoms with van der Waals surface area (Å²) in [7, 11) is 5.25. The number of hydrogen-bond donors (Lipinski definition) is 3. The van der Waals surface area contributed by atoms with Gasteiger partial charge in [0.25, 0.3) is 0 Å². The standard InChI is InChI=1S/C32H36N6O4.C28H31N5O2/c1-22-7-6-8-23(2)30(22)42-32(39)38(27-14-13-26(40-4)21-28(27)41-5)29-15-16-33-31(35-29)34-24-9-11-25(12-10-24)37-19-17-36(3)18-20-37;1-28(2)22-16-29-27(30-19-8-5-7-18(15-19)17-32-13-3-4-14-32)31-25(22)33(26(28)35)23-12-11-21-20(23)9-6-10-24(21)34/h6-16,21H,17-20H2,1-5H3,(H,33,34,35);5-10,15-16,23,34H,3-4,11-14,17H2,1-2H3,(H,29,30,31)/t;23-/m.0/s1. The second-order valence-electron chi connectivity index (χ2n) is 20.6. The molecule has 0 bridgehead atoms. The molecule has 0 saturated carbocycles. The Labute approximate surface area is 450 Å². The second kappa shape index (κ2) is 22.5. The van der Waals surface area contributed by atoms with Crippen LogP contribution in [-0.4, -0.2) is 107 Å². The van der Waals surface area contributed by atoms with Gasteiger partial charge in [-0.1, -0.05) is 42.5 Å². The van der Waals surface area contributed by atoms with E-state index in [1.165, 1.54) is 36.1 Å². The molecular formula is C60H67N11O6. The van der Waals surface area contributed by atoms with E-state index in [-0.39, 0.29) is 11.9 Å². The third-order valence-electron chi connectivity index (χ3n) is 15.0. The summed E-state index contributed by atoms with van der Waals surface area (Å²) in [6, 6.07) is 34.6. The minimum atomic E-state index is -0.705. The number of nitrogens with one attached hydrogen (secondary N) is 2. The Morgan fingerprint density at radius 2 is 1.51 bits per heavy atom. The molecule has 0 spiro atoms. The molecule has 398 valence electrons. The van der Waals surface area contributed by atoms with Gasteiger partial charge in [-0.3, -0.25) is 14.6 Å². The number of para-hydroxylation sites is 1. The molecule has 17 nitrogen and oxygen atoms in total. The topological polar surface area (TPSA) is 174 Å². The third kappa shape index (κ3) is 11.2. The van der Waals surface area contributed by atoms with Gasteiger partial charge in [0, 0.05) is 79.9 Å². The number of carbonyl (C=O) groups is 2. The van der Waals surface area contributed by atoms with Crippen LogP contribution in [0.3, 0.4) is 0 Å². The average molecular weight is 1040 g/mol. The first-order chi connectivity index (χ1) is 37.3. The van der Waals surface area contributed by atoms with Crippen LogP contribution in [0, 0.1) is 13.8 Å². The highest BCUT2D eigenvalue weighted by Crippen LogP contribution is 2.49. The number of likely N-dealkylation sites (tertiary alicyclic amines) is 1. The van der Waals surface area contributed by atoms with Crippen molar-refractivity contribution in [2.45, 2.75) is 71.4 Å². The van der Waals surface area contributed by atoms with Crippen molar-refractivity contribution in [3.8, 4) is 23.0 Å². The van der Waals surface area contributed by atoms with Gasteiger partial charge in [0.1, 0.15) is 34.6 Å². The van der Waals surface area contributed by atoms with Crippen LogP contribution in [0.25, 0.3) is 0 Å². The number of rotatable bonds is 13. The SMILES string of the molecule is CC1(C)C(=O)N([C@H]2CCc3c(O)cccc32)c2nc(Nc3cccc(CN4CCCC4)c3)ncc21.COc1ccc(N(C(=O)Oc2c(C)cccc2C)c2ccnc(Nc3ccc(N4CCN(C)CC4)cc3)n2)c(OC)c1. The summed E-state index contributed by atoms with van der Waals surface area (Å²) in [6.45, 7) is 15.0. The monoisotopic (exact) mass is 1040 g/mol. The van der Waals surface area contributed by atoms with E-state index in [0.717, 1.165) is 97.8 Å². The van der Waals surface area contributed by atoms with E-state index < -0.39 is 11.5 Å². The largest absolute Gasteiger partial charge is 0.508 e. The van der Waals surface area contributed by atoms with E-state index in [4.69, 9.17) is 24.2 Å². The van der Waals surface area contributed by atoms with Crippen LogP contribution in [0.4, 0.5) is 51.1 Å². The molecule has 17 heteroatoms. The van der Waals surface area contributed by atoms with E-state index in [1.807, 2.05) is 81.1 Å². The number of benzene rings is 5. The van der Waals surface area contributed by atoms with Crippen LogP contribution in [-0.2, 0) is 23.2 Å². The van der Waals surface area contributed by atoms with Gasteiger partial charge in [-0.25, -0.2) is 19.7 Å². The molecular weight excluding hydrogens is 971 g/mol. The Balaban J connectivity index is 0.000000177. The van der Waals surface area contributed by atoms with E-state index in [9.17, 15) is 14.7 Å². The first-order valence-corrected chi connectivity index (χ1v) is 26.3. The maximum Gasteiger partial charge on any atom is 0.425 e. The molecule has 2 amide bonds. The Bertz CT molecular complexity index is 3250. The van der Waals surface area contributed by atoms with Crippen LogP contribution >= 0.6 is 0 Å². The summed E-state index contributed by atoms with van der Waals surface area (Å²) in [6.07, 6.45) is 6.80. The first-order valence-electron chi connectivity index (χ1n) is 26.3. The minimum Gasteiger partial charge on any atom is -0.508 e. The Morgan fingerprint density at radius 1 is 0.792 bits per heavy atom. The number of methoxy groups -OCH3 is 2. The van der Waals surface area contributed by atoms with E-state index in [0.29, 0.717) is 52.2 Å². The van der Waals surface area contributed by atoms with Crippen LogP contribution in [0.2, 0.25) is 0 Å². The maximum atomic E-state index is 13.8. The highest BCUT2D eigenvalue weighted by Gasteiger charge is 2.49. The summed E-state index contributed by atoms with van der Waals surface area (Å²) in [5, 5.41) is 17.0. The van der Waals surface area contributed by atoms with E-state index in [1.54, 1.807) is 49.8 Å². The van der Waals surface area contributed by atoms with Crippen molar-refractivity contribution in [1.82, 2.24) is 29.7 Å². The molecule has 0 radical (unpaired) electrons. The van der Waals surface area contributed by atoms with Crippen LogP contribution in [0.5, 0.6) is 23.0 Å². The fourth-order valence-corrected chi connectivity index (χ4v) is 10.7. The summed E-state index contributed by atoms with van der Waals surface area (Å²) in [4.78, 5) is 56.4. The van der Waals surface area contributed by atoms with Gasteiger partial charge in [0.05, 0.1) is 31.4 Å². The number of anilines is 8. The zero-order valence-corrected chi connectivity index (χ0v) is 44.9. The van der Waals surface area contributed by atoms with Crippen molar-refractivity contribution in [1.29, 1.82) is 0 Å². The molecule has 11 rings (SSSR count). The molecule has 2 saturated heterocycles. The molecule has 1 atom stereocenters. The predicted octanol–water partition coefficient (Wildman–Crippen LogP) is 10.8. The highest BCUT2D eigenvalue weighted by atomic mass is 16.6. The predicted molar refractivity (Wildman–Crippen MR) is 301 cm³/mol. The molecule has 5 heterocycles. The van der Waals surface area contributed by atoms with Gasteiger partial charge in [-0.2, -0.15) is 9.97 Å². The summed E-state index contributed by atoms with van der Waals surface area (Å²) < 4.78 is 17.0.